The molecule has 5 rings (SSSR count). The quantitative estimate of drug-likeness (QED) is 0.610. The van der Waals surface area contributed by atoms with Gasteiger partial charge in [-0.3, -0.25) is 14.6 Å². The summed E-state index contributed by atoms with van der Waals surface area (Å²) in [7, 11) is 0. The van der Waals surface area contributed by atoms with E-state index in [-0.39, 0.29) is 31.1 Å². The van der Waals surface area contributed by atoms with Gasteiger partial charge in [0.1, 0.15) is 12.6 Å². The summed E-state index contributed by atoms with van der Waals surface area (Å²) >= 11 is 0. The molecule has 3 atom stereocenters. The number of rotatable bonds is 6. The lowest BCUT2D eigenvalue weighted by atomic mass is 9.89. The molecule has 1 aliphatic carbocycles. The molecule has 3 heterocycles. The summed E-state index contributed by atoms with van der Waals surface area (Å²) < 4.78 is 40.2. The van der Waals surface area contributed by atoms with Crippen LogP contribution in [0.25, 0.3) is 0 Å². The number of likely N-dealkylation sites (tertiary alicyclic amines) is 1. The van der Waals surface area contributed by atoms with E-state index >= 15 is 0 Å². The Balaban J connectivity index is 1.13. The van der Waals surface area contributed by atoms with Crippen LogP contribution >= 0.6 is 0 Å². The lowest BCUT2D eigenvalue weighted by Gasteiger charge is -2.49. The highest BCUT2D eigenvalue weighted by Crippen LogP contribution is 2.61. The molecule has 3 aliphatic heterocycles. The average Bonchev–Trinajstić information content (AvgIpc) is 3.64. The summed E-state index contributed by atoms with van der Waals surface area (Å²) in [6.07, 6.45) is 2.80. The highest BCUT2D eigenvalue weighted by Gasteiger charge is 2.63. The number of alkyl halides is 2. The molecule has 1 saturated carbocycles. The van der Waals surface area contributed by atoms with Crippen molar-refractivity contribution < 1.29 is 27.8 Å². The molecule has 0 aromatic heterocycles. The molecule has 7 nitrogen and oxygen atoms in total. The molecule has 4 aliphatic rings. The summed E-state index contributed by atoms with van der Waals surface area (Å²) in [5.41, 5.74) is 0.164. The number of benzene rings is 1. The van der Waals surface area contributed by atoms with E-state index in [1.807, 2.05) is 40.1 Å². The third-order valence-corrected chi connectivity index (χ3v) is 8.30. The van der Waals surface area contributed by atoms with Crippen molar-refractivity contribution in [1.82, 2.24) is 14.7 Å². The van der Waals surface area contributed by atoms with Gasteiger partial charge in [-0.1, -0.05) is 30.3 Å². The minimum absolute atomic E-state index is 0.105. The topological polar surface area (TPSA) is 62.3 Å². The van der Waals surface area contributed by atoms with Gasteiger partial charge in [0.05, 0.1) is 31.8 Å². The molecule has 0 radical (unpaired) electrons. The Labute approximate surface area is 205 Å². The van der Waals surface area contributed by atoms with E-state index in [0.717, 1.165) is 18.5 Å². The SMILES string of the molecule is C[C@H]1C(=O)N2[C@@H](CCCN3CCC4(CC4)C(F)(F)C3)COC[C@H]2CN1C(=O)OCc1ccccc1. The second-order valence-corrected chi connectivity index (χ2v) is 10.6. The molecule has 0 N–H and O–H groups in total. The van der Waals surface area contributed by atoms with Crippen LogP contribution in [0, 0.1) is 5.41 Å². The van der Waals surface area contributed by atoms with Crippen LogP contribution in [0.4, 0.5) is 13.6 Å². The van der Waals surface area contributed by atoms with E-state index in [4.69, 9.17) is 9.47 Å². The van der Waals surface area contributed by atoms with Crippen LogP contribution in [-0.4, -0.2) is 90.1 Å². The third kappa shape index (κ3) is 4.89. The van der Waals surface area contributed by atoms with Gasteiger partial charge in [-0.25, -0.2) is 13.6 Å². The van der Waals surface area contributed by atoms with Crippen molar-refractivity contribution in [2.75, 3.05) is 39.4 Å². The molecule has 2 amide bonds. The van der Waals surface area contributed by atoms with E-state index in [2.05, 4.69) is 0 Å². The first kappa shape index (κ1) is 24.4. The van der Waals surface area contributed by atoms with Crippen molar-refractivity contribution in [2.24, 2.45) is 5.41 Å². The van der Waals surface area contributed by atoms with Crippen LogP contribution < -0.4 is 0 Å². The zero-order valence-electron chi connectivity index (χ0n) is 20.3. The average molecular weight is 492 g/mol. The molecule has 1 spiro atoms. The molecule has 1 aromatic rings. The number of piperazine rings is 1. The third-order valence-electron chi connectivity index (χ3n) is 8.30. The van der Waals surface area contributed by atoms with Crippen LogP contribution in [0.5, 0.6) is 0 Å². The molecule has 4 fully saturated rings. The number of carbonyl (C=O) groups excluding carboxylic acids is 2. The monoisotopic (exact) mass is 491 g/mol. The number of amides is 2. The van der Waals surface area contributed by atoms with Gasteiger partial charge in [0.25, 0.3) is 5.92 Å². The summed E-state index contributed by atoms with van der Waals surface area (Å²) in [6.45, 7) is 4.22. The van der Waals surface area contributed by atoms with Crippen molar-refractivity contribution in [3.8, 4) is 0 Å². The maximum absolute atomic E-state index is 14.5. The highest BCUT2D eigenvalue weighted by molar-refractivity contribution is 5.87. The molecule has 3 saturated heterocycles. The van der Waals surface area contributed by atoms with E-state index in [9.17, 15) is 18.4 Å². The second-order valence-electron chi connectivity index (χ2n) is 10.6. The summed E-state index contributed by atoms with van der Waals surface area (Å²) in [4.78, 5) is 31.3. The zero-order valence-corrected chi connectivity index (χ0v) is 20.3. The molecule has 192 valence electrons. The normalized spacial score (nSPS) is 29.7. The Hall–Kier alpha value is -2.26. The van der Waals surface area contributed by atoms with E-state index in [1.165, 1.54) is 4.90 Å². The molecule has 35 heavy (non-hydrogen) atoms. The number of hydrogen-bond donors (Lipinski definition) is 0. The van der Waals surface area contributed by atoms with Gasteiger partial charge in [0.2, 0.25) is 5.91 Å². The fraction of sp³-hybridized carbons (Fsp3) is 0.692. The van der Waals surface area contributed by atoms with E-state index in [1.54, 1.807) is 6.92 Å². The Morgan fingerprint density at radius 3 is 2.66 bits per heavy atom. The first-order chi connectivity index (χ1) is 16.8. The minimum Gasteiger partial charge on any atom is -0.445 e. The Bertz CT molecular complexity index is 926. The van der Waals surface area contributed by atoms with Crippen molar-refractivity contribution in [3.63, 3.8) is 0 Å². The highest BCUT2D eigenvalue weighted by atomic mass is 19.3. The number of piperidine rings is 1. The number of ether oxygens (including phenoxy) is 2. The Kier molecular flexibility index (Phi) is 6.74. The van der Waals surface area contributed by atoms with Gasteiger partial charge in [-0.05, 0) is 57.7 Å². The number of morpholine rings is 1. The molecule has 1 aromatic carbocycles. The smallest absolute Gasteiger partial charge is 0.410 e. The van der Waals surface area contributed by atoms with Crippen LogP contribution in [0.3, 0.4) is 0 Å². The molecule has 0 bridgehead atoms. The Morgan fingerprint density at radius 2 is 1.94 bits per heavy atom. The predicted molar refractivity (Wildman–Crippen MR) is 125 cm³/mol. The minimum atomic E-state index is -2.60. The molecular weight excluding hydrogens is 456 g/mol. The van der Waals surface area contributed by atoms with Crippen LogP contribution in [0.1, 0.15) is 44.6 Å². The lowest BCUT2D eigenvalue weighted by Crippen LogP contribution is -2.68. The van der Waals surface area contributed by atoms with Crippen LogP contribution in [0.15, 0.2) is 30.3 Å². The summed E-state index contributed by atoms with van der Waals surface area (Å²) in [5.74, 6) is -2.70. The first-order valence-electron chi connectivity index (χ1n) is 12.8. The fourth-order valence-corrected chi connectivity index (χ4v) is 5.88. The van der Waals surface area contributed by atoms with E-state index in [0.29, 0.717) is 52.0 Å². The van der Waals surface area contributed by atoms with Gasteiger partial charge in [-0.15, -0.1) is 0 Å². The fourth-order valence-electron chi connectivity index (χ4n) is 5.88. The summed E-state index contributed by atoms with van der Waals surface area (Å²) in [6, 6.07) is 8.48. The van der Waals surface area contributed by atoms with Gasteiger partial charge >= 0.3 is 6.09 Å². The molecular formula is C26H35F2N3O4. The largest absolute Gasteiger partial charge is 0.445 e. The van der Waals surface area contributed by atoms with Crippen molar-refractivity contribution >= 4 is 12.0 Å². The second kappa shape index (κ2) is 9.65. The van der Waals surface area contributed by atoms with Gasteiger partial charge in [0, 0.05) is 12.0 Å². The van der Waals surface area contributed by atoms with Crippen molar-refractivity contribution in [3.05, 3.63) is 35.9 Å². The maximum atomic E-state index is 14.5. The maximum Gasteiger partial charge on any atom is 0.410 e. The standard InChI is InChI=1S/C26H35F2N3O4/c1-19-23(32)31-21(8-5-12-29-13-11-25(9-10-25)26(27,28)18-29)16-34-17-22(31)14-30(19)24(33)35-15-20-6-3-2-4-7-20/h2-4,6-7,19,21-22H,5,8-18H2,1H3/t19-,21-,22+/m0/s1. The number of carbonyl (C=O) groups is 2. The summed E-state index contributed by atoms with van der Waals surface area (Å²) in [5, 5.41) is 0. The van der Waals surface area contributed by atoms with Crippen LogP contribution in [0.2, 0.25) is 0 Å². The number of nitrogens with zero attached hydrogens (tertiary/aromatic N) is 3. The van der Waals surface area contributed by atoms with Gasteiger partial charge < -0.3 is 14.4 Å². The van der Waals surface area contributed by atoms with Crippen molar-refractivity contribution in [2.45, 2.75) is 69.7 Å². The predicted octanol–water partition coefficient (Wildman–Crippen LogP) is 3.52. The first-order valence-corrected chi connectivity index (χ1v) is 12.8. The van der Waals surface area contributed by atoms with Gasteiger partial charge in [-0.2, -0.15) is 0 Å². The number of halogens is 2. The van der Waals surface area contributed by atoms with Crippen molar-refractivity contribution in [1.29, 1.82) is 0 Å². The van der Waals surface area contributed by atoms with E-state index < -0.39 is 23.5 Å². The molecule has 0 unspecified atom stereocenters. The lowest BCUT2D eigenvalue weighted by molar-refractivity contribution is -0.161. The Morgan fingerprint density at radius 1 is 1.17 bits per heavy atom. The molecule has 9 heteroatoms. The number of hydrogen-bond acceptors (Lipinski definition) is 5. The zero-order chi connectivity index (χ0) is 24.6. The van der Waals surface area contributed by atoms with Gasteiger partial charge in [0.15, 0.2) is 0 Å². The number of fused-ring (bicyclic) bond motifs is 1. The van der Waals surface area contributed by atoms with Crippen LogP contribution in [-0.2, 0) is 20.9 Å².